The molecule has 3 aromatic rings. The number of fused-ring (bicyclic) bond motifs is 2. The van der Waals surface area contributed by atoms with Crippen LogP contribution in [-0.4, -0.2) is 35.2 Å². The second-order valence-electron chi connectivity index (χ2n) is 7.67. The number of benzene rings is 2. The number of aliphatic hydroxyl groups is 1. The van der Waals surface area contributed by atoms with E-state index < -0.39 is 6.10 Å². The third-order valence-corrected chi connectivity index (χ3v) is 4.74. The second kappa shape index (κ2) is 6.62. The van der Waals surface area contributed by atoms with Crippen LogP contribution >= 0.6 is 0 Å². The van der Waals surface area contributed by atoms with Crippen molar-refractivity contribution in [3.05, 3.63) is 58.3 Å². The van der Waals surface area contributed by atoms with Gasteiger partial charge in [0.1, 0.15) is 11.2 Å². The molecule has 0 saturated carbocycles. The number of para-hydroxylation sites is 1. The number of hydrogen-bond acceptors (Lipinski definition) is 4. The number of nitrogens with zero attached hydrogens (tertiary/aromatic N) is 1. The molecule has 0 fully saturated rings. The Bertz CT molecular complexity index is 953. The van der Waals surface area contributed by atoms with Crippen molar-refractivity contribution in [1.29, 1.82) is 0 Å². The highest BCUT2D eigenvalue weighted by Gasteiger charge is 2.20. The van der Waals surface area contributed by atoms with Crippen molar-refractivity contribution in [2.75, 3.05) is 13.6 Å². The Kier molecular flexibility index (Phi) is 4.67. The molecule has 0 aliphatic carbocycles. The molecule has 4 heteroatoms. The van der Waals surface area contributed by atoms with Crippen molar-refractivity contribution in [2.45, 2.75) is 38.8 Å². The summed E-state index contributed by atoms with van der Waals surface area (Å²) in [6.07, 6.45) is 0.0111. The van der Waals surface area contributed by atoms with Gasteiger partial charge in [-0.25, -0.2) is 0 Å². The van der Waals surface area contributed by atoms with E-state index in [1.165, 1.54) is 0 Å². The highest BCUT2D eigenvalue weighted by Crippen LogP contribution is 2.20. The van der Waals surface area contributed by atoms with Gasteiger partial charge in [0.15, 0.2) is 0 Å². The molecule has 0 radical (unpaired) electrons. The first kappa shape index (κ1) is 17.6. The van der Waals surface area contributed by atoms with E-state index in [2.05, 4.69) is 25.7 Å². The molecule has 1 atom stereocenters. The highest BCUT2D eigenvalue weighted by atomic mass is 16.3. The molecule has 0 bridgehead atoms. The third kappa shape index (κ3) is 3.75. The summed E-state index contributed by atoms with van der Waals surface area (Å²) >= 11 is 0. The summed E-state index contributed by atoms with van der Waals surface area (Å²) in [5.74, 6) is 0. The quantitative estimate of drug-likeness (QED) is 0.738. The normalized spacial score (nSPS) is 13.7. The van der Waals surface area contributed by atoms with E-state index in [4.69, 9.17) is 4.42 Å². The van der Waals surface area contributed by atoms with Crippen LogP contribution in [0, 0.1) is 0 Å². The minimum Gasteiger partial charge on any atom is -0.456 e. The summed E-state index contributed by atoms with van der Waals surface area (Å²) in [5, 5.41) is 11.6. The zero-order valence-electron chi connectivity index (χ0n) is 15.2. The van der Waals surface area contributed by atoms with Gasteiger partial charge in [-0.15, -0.1) is 0 Å². The molecule has 1 unspecified atom stereocenters. The summed E-state index contributed by atoms with van der Waals surface area (Å²) < 4.78 is 5.83. The zero-order valence-corrected chi connectivity index (χ0v) is 15.2. The van der Waals surface area contributed by atoms with E-state index in [0.717, 1.165) is 5.56 Å². The second-order valence-corrected chi connectivity index (χ2v) is 7.67. The fraction of sp³-hybridized carbons (Fsp3) is 0.381. The molecule has 0 aliphatic heterocycles. The molecule has 0 aliphatic rings. The lowest BCUT2D eigenvalue weighted by Crippen LogP contribution is -2.43. The first-order chi connectivity index (χ1) is 11.8. The maximum absolute atomic E-state index is 12.7. The molecule has 0 spiro atoms. The van der Waals surface area contributed by atoms with E-state index in [1.54, 1.807) is 12.1 Å². The Balaban J connectivity index is 1.90. The van der Waals surface area contributed by atoms with Gasteiger partial charge in [-0.3, -0.25) is 9.69 Å². The number of hydrogen-bond donors (Lipinski definition) is 1. The largest absolute Gasteiger partial charge is 0.456 e. The van der Waals surface area contributed by atoms with Gasteiger partial charge < -0.3 is 9.52 Å². The zero-order chi connectivity index (χ0) is 18.2. The maximum Gasteiger partial charge on any atom is 0.200 e. The molecule has 1 heterocycles. The standard InChI is InChI=1S/C21H25NO3/c1-21(2,3)22(4)13-15(23)11-14-9-10-19-17(12-14)20(24)16-7-5-6-8-18(16)25-19/h5-10,12,15,23H,11,13H2,1-4H3. The predicted molar refractivity (Wildman–Crippen MR) is 102 cm³/mol. The van der Waals surface area contributed by atoms with Crippen LogP contribution in [0.2, 0.25) is 0 Å². The lowest BCUT2D eigenvalue weighted by molar-refractivity contribution is 0.0792. The molecule has 1 N–H and O–H groups in total. The van der Waals surface area contributed by atoms with E-state index >= 15 is 0 Å². The molecule has 0 amide bonds. The van der Waals surface area contributed by atoms with Gasteiger partial charge in [-0.05, 0) is 64.1 Å². The Morgan fingerprint density at radius 1 is 1.08 bits per heavy atom. The molecule has 2 aromatic carbocycles. The van der Waals surface area contributed by atoms with Gasteiger partial charge in [0.25, 0.3) is 0 Å². The van der Waals surface area contributed by atoms with Crippen molar-refractivity contribution in [2.24, 2.45) is 0 Å². The Morgan fingerprint density at radius 2 is 1.76 bits per heavy atom. The molecule has 0 saturated heterocycles. The van der Waals surface area contributed by atoms with Gasteiger partial charge >= 0.3 is 0 Å². The van der Waals surface area contributed by atoms with Crippen molar-refractivity contribution in [3.63, 3.8) is 0 Å². The first-order valence-corrected chi connectivity index (χ1v) is 8.59. The van der Waals surface area contributed by atoms with Crippen LogP contribution in [0.25, 0.3) is 21.9 Å². The van der Waals surface area contributed by atoms with Crippen molar-refractivity contribution in [1.82, 2.24) is 4.90 Å². The van der Waals surface area contributed by atoms with Crippen LogP contribution in [0.5, 0.6) is 0 Å². The highest BCUT2D eigenvalue weighted by molar-refractivity contribution is 5.89. The average Bonchev–Trinajstić information content (AvgIpc) is 2.55. The van der Waals surface area contributed by atoms with Crippen molar-refractivity contribution >= 4 is 21.9 Å². The maximum atomic E-state index is 12.7. The molecule has 1 aromatic heterocycles. The van der Waals surface area contributed by atoms with Crippen LogP contribution in [0.1, 0.15) is 26.3 Å². The fourth-order valence-corrected chi connectivity index (χ4v) is 2.90. The lowest BCUT2D eigenvalue weighted by atomic mass is 10.0. The topological polar surface area (TPSA) is 53.7 Å². The number of β-amino-alcohol motifs (C(OH)–C–C–N with tert-alkyl or cyclic N) is 1. The lowest BCUT2D eigenvalue weighted by Gasteiger charge is -2.33. The minimum atomic E-state index is -0.492. The van der Waals surface area contributed by atoms with Gasteiger partial charge in [-0.1, -0.05) is 18.2 Å². The van der Waals surface area contributed by atoms with Gasteiger partial charge in [-0.2, -0.15) is 0 Å². The van der Waals surface area contributed by atoms with Crippen LogP contribution in [0.3, 0.4) is 0 Å². The smallest absolute Gasteiger partial charge is 0.200 e. The van der Waals surface area contributed by atoms with E-state index in [0.29, 0.717) is 34.9 Å². The van der Waals surface area contributed by atoms with E-state index in [9.17, 15) is 9.90 Å². The first-order valence-electron chi connectivity index (χ1n) is 8.59. The van der Waals surface area contributed by atoms with Gasteiger partial charge in [0.05, 0.1) is 16.9 Å². The summed E-state index contributed by atoms with van der Waals surface area (Å²) in [5.41, 5.74) is 2.09. The van der Waals surface area contributed by atoms with E-state index in [-0.39, 0.29) is 11.0 Å². The molecule has 25 heavy (non-hydrogen) atoms. The average molecular weight is 339 g/mol. The SMILES string of the molecule is CN(CC(O)Cc1ccc2oc3ccccc3c(=O)c2c1)C(C)(C)C. The fourth-order valence-electron chi connectivity index (χ4n) is 2.90. The van der Waals surface area contributed by atoms with Gasteiger partial charge in [0.2, 0.25) is 5.43 Å². The Morgan fingerprint density at radius 3 is 2.48 bits per heavy atom. The summed E-state index contributed by atoms with van der Waals surface area (Å²) in [6, 6.07) is 12.8. The van der Waals surface area contributed by atoms with Crippen LogP contribution < -0.4 is 5.43 Å². The van der Waals surface area contributed by atoms with Crippen molar-refractivity contribution < 1.29 is 9.52 Å². The Hall–Kier alpha value is -2.17. The monoisotopic (exact) mass is 339 g/mol. The van der Waals surface area contributed by atoms with E-state index in [1.807, 2.05) is 37.4 Å². The number of likely N-dealkylation sites (N-methyl/N-ethyl adjacent to an activating group) is 1. The molecule has 3 rings (SSSR count). The third-order valence-electron chi connectivity index (χ3n) is 4.74. The minimum absolute atomic E-state index is 0.00431. The Labute approximate surface area is 147 Å². The number of rotatable bonds is 4. The molecule has 4 nitrogen and oxygen atoms in total. The summed E-state index contributed by atoms with van der Waals surface area (Å²) in [6.45, 7) is 6.93. The van der Waals surface area contributed by atoms with Crippen LogP contribution in [0.4, 0.5) is 0 Å². The summed E-state index contributed by atoms with van der Waals surface area (Å²) in [7, 11) is 2.00. The van der Waals surface area contributed by atoms with Gasteiger partial charge in [0, 0.05) is 12.1 Å². The number of aliphatic hydroxyl groups excluding tert-OH is 1. The summed E-state index contributed by atoms with van der Waals surface area (Å²) in [4.78, 5) is 14.8. The van der Waals surface area contributed by atoms with Crippen LogP contribution in [0.15, 0.2) is 51.7 Å². The van der Waals surface area contributed by atoms with Crippen molar-refractivity contribution in [3.8, 4) is 0 Å². The molecular weight excluding hydrogens is 314 g/mol. The molecular formula is C21H25NO3. The van der Waals surface area contributed by atoms with Crippen LogP contribution in [-0.2, 0) is 6.42 Å². The molecule has 132 valence electrons. The predicted octanol–water partition coefficient (Wildman–Crippen LogP) is 3.58.